The van der Waals surface area contributed by atoms with Crippen molar-refractivity contribution < 1.29 is 9.53 Å². The van der Waals surface area contributed by atoms with Crippen LogP contribution in [0.25, 0.3) is 0 Å². The molecule has 0 unspecified atom stereocenters. The van der Waals surface area contributed by atoms with Crippen molar-refractivity contribution in [2.45, 2.75) is 0 Å². The molecule has 3 nitrogen and oxygen atoms in total. The van der Waals surface area contributed by atoms with Crippen molar-refractivity contribution in [3.63, 3.8) is 0 Å². The molecule has 0 aliphatic heterocycles. The fraction of sp³-hybridized carbons (Fsp3) is 0.0625. The number of carbonyl (C=O) groups excluding carboxylic acids is 1. The lowest BCUT2D eigenvalue weighted by Crippen LogP contribution is -2.13. The molecule has 0 saturated heterocycles. The summed E-state index contributed by atoms with van der Waals surface area (Å²) in [5.74, 6) is 0.327. The number of para-hydroxylation sites is 2. The summed E-state index contributed by atoms with van der Waals surface area (Å²) < 4.78 is 6.27. The van der Waals surface area contributed by atoms with Gasteiger partial charge in [0.1, 0.15) is 12.4 Å². The predicted molar refractivity (Wildman–Crippen MR) is 84.4 cm³/mol. The van der Waals surface area contributed by atoms with Gasteiger partial charge in [0.2, 0.25) is 0 Å². The van der Waals surface area contributed by atoms with Gasteiger partial charge >= 0.3 is 0 Å². The van der Waals surface area contributed by atoms with Crippen molar-refractivity contribution in [3.8, 4) is 5.75 Å². The van der Waals surface area contributed by atoms with Gasteiger partial charge in [-0.25, -0.2) is 0 Å². The summed E-state index contributed by atoms with van der Waals surface area (Å²) in [6, 6.07) is 16.4. The normalized spacial score (nSPS) is 9.85. The fourth-order valence-corrected chi connectivity index (χ4v) is 1.77. The second-order valence-corrected chi connectivity index (χ2v) is 5.24. The molecule has 0 saturated carbocycles. The maximum absolute atomic E-state index is 12.3. The number of carbonyl (C=O) groups is 1. The lowest BCUT2D eigenvalue weighted by atomic mass is 10.2. The first-order valence-corrected chi connectivity index (χ1v) is 6.87. The Morgan fingerprint density at radius 1 is 1.10 bits per heavy atom. The minimum atomic E-state index is -0.202. The molecule has 0 fully saturated rings. The quantitative estimate of drug-likeness (QED) is 0.890. The van der Waals surface area contributed by atoms with E-state index in [-0.39, 0.29) is 5.91 Å². The van der Waals surface area contributed by atoms with E-state index in [4.69, 9.17) is 4.74 Å². The van der Waals surface area contributed by atoms with Gasteiger partial charge in [-0.3, -0.25) is 4.79 Å². The molecule has 2 rings (SSSR count). The van der Waals surface area contributed by atoms with Crippen molar-refractivity contribution in [2.24, 2.45) is 0 Å². The standard InChI is InChI=1S/C16H14BrNO2/c1-12(17)11-20-15-10-6-5-9-14(15)16(19)18-13-7-3-2-4-8-13/h2-10H,1,11H2,(H,18,19). The molecule has 0 heterocycles. The SMILES string of the molecule is C=C(Br)COc1ccccc1C(=O)Nc1ccccc1. The average molecular weight is 332 g/mol. The molecule has 0 atom stereocenters. The third-order valence-electron chi connectivity index (χ3n) is 2.55. The molecule has 0 aromatic heterocycles. The van der Waals surface area contributed by atoms with Crippen LogP contribution in [0.1, 0.15) is 10.4 Å². The van der Waals surface area contributed by atoms with Crippen molar-refractivity contribution in [3.05, 3.63) is 71.2 Å². The molecule has 2 aromatic carbocycles. The van der Waals surface area contributed by atoms with E-state index in [1.54, 1.807) is 18.2 Å². The van der Waals surface area contributed by atoms with Gasteiger partial charge in [0.25, 0.3) is 5.91 Å². The maximum atomic E-state index is 12.3. The zero-order valence-corrected chi connectivity index (χ0v) is 12.4. The molecule has 1 amide bonds. The highest BCUT2D eigenvalue weighted by molar-refractivity contribution is 9.11. The maximum Gasteiger partial charge on any atom is 0.259 e. The van der Waals surface area contributed by atoms with E-state index in [2.05, 4.69) is 27.8 Å². The smallest absolute Gasteiger partial charge is 0.259 e. The largest absolute Gasteiger partial charge is 0.488 e. The van der Waals surface area contributed by atoms with Gasteiger partial charge in [-0.1, -0.05) is 52.8 Å². The van der Waals surface area contributed by atoms with Crippen LogP contribution >= 0.6 is 15.9 Å². The van der Waals surface area contributed by atoms with Crippen molar-refractivity contribution in [2.75, 3.05) is 11.9 Å². The van der Waals surface area contributed by atoms with Crippen LogP contribution in [0.2, 0.25) is 0 Å². The van der Waals surface area contributed by atoms with E-state index in [1.807, 2.05) is 36.4 Å². The Balaban J connectivity index is 2.15. The number of nitrogens with one attached hydrogen (secondary N) is 1. The first kappa shape index (κ1) is 14.3. The van der Waals surface area contributed by atoms with Crippen LogP contribution in [-0.2, 0) is 0 Å². The third kappa shape index (κ3) is 3.96. The Kier molecular flexibility index (Phi) is 4.96. The molecule has 0 radical (unpaired) electrons. The zero-order chi connectivity index (χ0) is 14.4. The summed E-state index contributed by atoms with van der Waals surface area (Å²) in [6.07, 6.45) is 0. The van der Waals surface area contributed by atoms with Gasteiger partial charge in [-0.2, -0.15) is 0 Å². The number of ether oxygens (including phenoxy) is 1. The molecule has 2 aromatic rings. The van der Waals surface area contributed by atoms with E-state index in [1.165, 1.54) is 0 Å². The third-order valence-corrected chi connectivity index (χ3v) is 2.78. The van der Waals surface area contributed by atoms with E-state index >= 15 is 0 Å². The van der Waals surface area contributed by atoms with Crippen LogP contribution in [0.15, 0.2) is 65.7 Å². The summed E-state index contributed by atoms with van der Waals surface area (Å²) in [5, 5.41) is 2.83. The zero-order valence-electron chi connectivity index (χ0n) is 10.8. The molecule has 0 spiro atoms. The Morgan fingerprint density at radius 3 is 2.45 bits per heavy atom. The van der Waals surface area contributed by atoms with Crippen molar-refractivity contribution in [1.82, 2.24) is 0 Å². The minimum absolute atomic E-state index is 0.202. The first-order chi connectivity index (χ1) is 9.66. The van der Waals surface area contributed by atoms with Gasteiger partial charge in [-0.05, 0) is 24.3 Å². The molecule has 102 valence electrons. The van der Waals surface area contributed by atoms with E-state index < -0.39 is 0 Å². The monoisotopic (exact) mass is 331 g/mol. The number of rotatable bonds is 5. The Morgan fingerprint density at radius 2 is 1.75 bits per heavy atom. The second-order valence-electron chi connectivity index (χ2n) is 4.12. The van der Waals surface area contributed by atoms with Gasteiger partial charge < -0.3 is 10.1 Å². The Hall–Kier alpha value is -2.07. The number of anilines is 1. The molecule has 0 bridgehead atoms. The average Bonchev–Trinajstić information content (AvgIpc) is 2.46. The van der Waals surface area contributed by atoms with Crippen molar-refractivity contribution in [1.29, 1.82) is 0 Å². The molecular formula is C16H14BrNO2. The van der Waals surface area contributed by atoms with Gasteiger partial charge in [0, 0.05) is 10.2 Å². The van der Waals surface area contributed by atoms with Crippen LogP contribution in [0.3, 0.4) is 0 Å². The van der Waals surface area contributed by atoms with Gasteiger partial charge in [0.15, 0.2) is 0 Å². The van der Waals surface area contributed by atoms with E-state index in [0.29, 0.717) is 17.9 Å². The summed E-state index contributed by atoms with van der Waals surface area (Å²) in [4.78, 5) is 12.3. The molecule has 1 N–H and O–H groups in total. The van der Waals surface area contributed by atoms with Gasteiger partial charge in [-0.15, -0.1) is 0 Å². The summed E-state index contributed by atoms with van der Waals surface area (Å²) in [5.41, 5.74) is 1.24. The number of hydrogen-bond acceptors (Lipinski definition) is 2. The highest BCUT2D eigenvalue weighted by Crippen LogP contribution is 2.20. The van der Waals surface area contributed by atoms with Gasteiger partial charge in [0.05, 0.1) is 5.56 Å². The fourth-order valence-electron chi connectivity index (χ4n) is 1.66. The molecule has 20 heavy (non-hydrogen) atoms. The van der Waals surface area contributed by atoms with Crippen LogP contribution in [0, 0.1) is 0 Å². The van der Waals surface area contributed by atoms with Crippen LogP contribution < -0.4 is 10.1 Å². The van der Waals surface area contributed by atoms with Crippen LogP contribution in [0.4, 0.5) is 5.69 Å². The number of amides is 1. The van der Waals surface area contributed by atoms with Crippen molar-refractivity contribution >= 4 is 27.5 Å². The lowest BCUT2D eigenvalue weighted by molar-refractivity contribution is 0.102. The molecular weight excluding hydrogens is 318 g/mol. The number of hydrogen-bond donors (Lipinski definition) is 1. The summed E-state index contributed by atoms with van der Waals surface area (Å²) in [7, 11) is 0. The minimum Gasteiger partial charge on any atom is -0.488 e. The number of halogens is 1. The summed E-state index contributed by atoms with van der Waals surface area (Å²) in [6.45, 7) is 4.02. The van der Waals surface area contributed by atoms with Crippen LogP contribution in [0.5, 0.6) is 5.75 Å². The molecule has 0 aliphatic carbocycles. The predicted octanol–water partition coefficient (Wildman–Crippen LogP) is 4.23. The van der Waals surface area contributed by atoms with E-state index in [0.717, 1.165) is 10.2 Å². The van der Waals surface area contributed by atoms with E-state index in [9.17, 15) is 4.79 Å². The topological polar surface area (TPSA) is 38.3 Å². The Labute approximate surface area is 126 Å². The lowest BCUT2D eigenvalue weighted by Gasteiger charge is -2.11. The Bertz CT molecular complexity index is 611. The molecule has 4 heteroatoms. The molecule has 0 aliphatic rings. The number of benzene rings is 2. The van der Waals surface area contributed by atoms with Crippen LogP contribution in [-0.4, -0.2) is 12.5 Å². The first-order valence-electron chi connectivity index (χ1n) is 6.08. The second kappa shape index (κ2) is 6.91. The highest BCUT2D eigenvalue weighted by Gasteiger charge is 2.12. The highest BCUT2D eigenvalue weighted by atomic mass is 79.9. The summed E-state index contributed by atoms with van der Waals surface area (Å²) >= 11 is 3.23.